The van der Waals surface area contributed by atoms with Crippen molar-refractivity contribution in [2.45, 2.75) is 32.7 Å². The summed E-state index contributed by atoms with van der Waals surface area (Å²) in [6.07, 6.45) is 6.79. The van der Waals surface area contributed by atoms with Gasteiger partial charge in [0.2, 0.25) is 0 Å². The highest BCUT2D eigenvalue weighted by Gasteiger charge is 2.11. The summed E-state index contributed by atoms with van der Waals surface area (Å²) in [5.41, 5.74) is 8.77. The van der Waals surface area contributed by atoms with Crippen LogP contribution >= 0.6 is 0 Å². The van der Waals surface area contributed by atoms with Crippen molar-refractivity contribution in [2.75, 3.05) is 5.73 Å². The third-order valence-corrected chi connectivity index (χ3v) is 3.80. The van der Waals surface area contributed by atoms with Gasteiger partial charge in [-0.25, -0.2) is 9.97 Å². The Balaban J connectivity index is 1.95. The molecule has 0 saturated heterocycles. The normalized spacial score (nSPS) is 11.3. The summed E-state index contributed by atoms with van der Waals surface area (Å²) in [6.45, 7) is 3.07. The monoisotopic (exact) mass is 283 g/mol. The summed E-state index contributed by atoms with van der Waals surface area (Å²) < 4.78 is 4.36. The van der Waals surface area contributed by atoms with Crippen molar-refractivity contribution in [1.29, 1.82) is 0 Å². The van der Waals surface area contributed by atoms with Crippen LogP contribution in [0.15, 0.2) is 30.6 Å². The van der Waals surface area contributed by atoms with E-state index < -0.39 is 0 Å². The Morgan fingerprint density at radius 2 is 2.05 bits per heavy atom. The van der Waals surface area contributed by atoms with Crippen molar-refractivity contribution >= 4 is 16.7 Å². The number of hydrogen-bond acceptors (Lipinski definition) is 3. The van der Waals surface area contributed by atoms with E-state index in [0.717, 1.165) is 54.2 Å². The predicted octanol–water partition coefficient (Wildman–Crippen LogP) is 2.55. The van der Waals surface area contributed by atoms with Gasteiger partial charge in [0, 0.05) is 44.5 Å². The molecule has 0 atom stereocenters. The van der Waals surface area contributed by atoms with Crippen LogP contribution in [-0.2, 0) is 26.4 Å². The number of aryl methyl sites for hydroxylation is 4. The topological polar surface area (TPSA) is 61.7 Å². The summed E-state index contributed by atoms with van der Waals surface area (Å²) in [5.74, 6) is 2.22. The molecule has 21 heavy (non-hydrogen) atoms. The van der Waals surface area contributed by atoms with E-state index in [1.54, 1.807) is 0 Å². The van der Waals surface area contributed by atoms with Crippen LogP contribution in [0.25, 0.3) is 11.0 Å². The van der Waals surface area contributed by atoms with E-state index in [1.165, 1.54) is 0 Å². The molecule has 0 unspecified atom stereocenters. The highest BCUT2D eigenvalue weighted by molar-refractivity contribution is 5.79. The van der Waals surface area contributed by atoms with Gasteiger partial charge < -0.3 is 14.9 Å². The largest absolute Gasteiger partial charge is 0.399 e. The number of anilines is 1. The van der Waals surface area contributed by atoms with Gasteiger partial charge in [-0.05, 0) is 24.6 Å². The summed E-state index contributed by atoms with van der Waals surface area (Å²) in [7, 11) is 2.03. The number of imidazole rings is 2. The van der Waals surface area contributed by atoms with Gasteiger partial charge in [0.05, 0.1) is 11.0 Å². The Kier molecular flexibility index (Phi) is 3.64. The number of aromatic nitrogens is 4. The maximum absolute atomic E-state index is 5.87. The van der Waals surface area contributed by atoms with E-state index in [-0.39, 0.29) is 0 Å². The molecule has 0 saturated carbocycles. The summed E-state index contributed by atoms with van der Waals surface area (Å²) in [4.78, 5) is 9.14. The van der Waals surface area contributed by atoms with Crippen molar-refractivity contribution in [3.63, 3.8) is 0 Å². The second-order valence-electron chi connectivity index (χ2n) is 5.38. The number of benzene rings is 1. The number of fused-ring (bicyclic) bond motifs is 1. The van der Waals surface area contributed by atoms with Crippen LogP contribution in [0.3, 0.4) is 0 Å². The van der Waals surface area contributed by atoms with Gasteiger partial charge in [0.15, 0.2) is 0 Å². The first kappa shape index (κ1) is 13.7. The molecule has 5 heteroatoms. The fraction of sp³-hybridized carbons (Fsp3) is 0.375. The lowest BCUT2D eigenvalue weighted by Gasteiger charge is -2.09. The Morgan fingerprint density at radius 3 is 2.76 bits per heavy atom. The van der Waals surface area contributed by atoms with E-state index in [2.05, 4.69) is 27.1 Å². The molecule has 0 radical (unpaired) electrons. The Hall–Kier alpha value is -2.30. The van der Waals surface area contributed by atoms with Gasteiger partial charge in [0.1, 0.15) is 11.6 Å². The summed E-state index contributed by atoms with van der Waals surface area (Å²) >= 11 is 0. The highest BCUT2D eigenvalue weighted by atomic mass is 15.1. The lowest BCUT2D eigenvalue weighted by atomic mass is 10.2. The molecule has 110 valence electrons. The maximum atomic E-state index is 5.87. The van der Waals surface area contributed by atoms with Crippen LogP contribution in [-0.4, -0.2) is 19.1 Å². The van der Waals surface area contributed by atoms with E-state index in [9.17, 15) is 0 Å². The van der Waals surface area contributed by atoms with Crippen LogP contribution < -0.4 is 5.73 Å². The predicted molar refractivity (Wildman–Crippen MR) is 85.1 cm³/mol. The Labute approximate surface area is 124 Å². The average Bonchev–Trinajstić information content (AvgIpc) is 3.00. The standard InChI is InChI=1S/C16H21N5/c1-3-4-16-19-13-11-12(17)5-6-14(13)21(16)9-7-15-18-8-10-20(15)2/h5-6,8,10-11H,3-4,7,9,17H2,1-2H3. The second kappa shape index (κ2) is 5.60. The van der Waals surface area contributed by atoms with Gasteiger partial charge in [-0.1, -0.05) is 6.92 Å². The molecule has 5 nitrogen and oxygen atoms in total. The molecular weight excluding hydrogens is 262 g/mol. The lowest BCUT2D eigenvalue weighted by molar-refractivity contribution is 0.628. The summed E-state index contributed by atoms with van der Waals surface area (Å²) in [6, 6.07) is 5.96. The van der Waals surface area contributed by atoms with E-state index in [0.29, 0.717) is 0 Å². The van der Waals surface area contributed by atoms with Crippen LogP contribution in [0.1, 0.15) is 25.0 Å². The zero-order valence-corrected chi connectivity index (χ0v) is 12.6. The number of nitrogen functional groups attached to an aromatic ring is 1. The van der Waals surface area contributed by atoms with Gasteiger partial charge in [-0.2, -0.15) is 0 Å². The number of nitrogens with zero attached hydrogens (tertiary/aromatic N) is 4. The van der Waals surface area contributed by atoms with Crippen molar-refractivity contribution in [1.82, 2.24) is 19.1 Å². The molecule has 0 amide bonds. The lowest BCUT2D eigenvalue weighted by Crippen LogP contribution is -2.09. The molecule has 0 bridgehead atoms. The van der Waals surface area contributed by atoms with Crippen molar-refractivity contribution in [3.8, 4) is 0 Å². The van der Waals surface area contributed by atoms with Crippen molar-refractivity contribution < 1.29 is 0 Å². The molecule has 3 aromatic rings. The quantitative estimate of drug-likeness (QED) is 0.732. The van der Waals surface area contributed by atoms with Crippen LogP contribution in [0, 0.1) is 0 Å². The minimum atomic E-state index is 0.763. The number of nitrogens with two attached hydrogens (primary N) is 1. The molecule has 2 aromatic heterocycles. The molecule has 0 spiro atoms. The minimum absolute atomic E-state index is 0.763. The fourth-order valence-corrected chi connectivity index (χ4v) is 2.71. The first-order valence-corrected chi connectivity index (χ1v) is 7.40. The Bertz CT molecular complexity index is 753. The molecule has 2 N–H and O–H groups in total. The third-order valence-electron chi connectivity index (χ3n) is 3.80. The molecule has 0 aliphatic carbocycles. The first-order chi connectivity index (χ1) is 10.2. The third kappa shape index (κ3) is 2.63. The average molecular weight is 283 g/mol. The van der Waals surface area contributed by atoms with E-state index in [4.69, 9.17) is 10.7 Å². The van der Waals surface area contributed by atoms with Crippen LogP contribution in [0.5, 0.6) is 0 Å². The van der Waals surface area contributed by atoms with Crippen molar-refractivity contribution in [3.05, 3.63) is 42.2 Å². The molecule has 3 rings (SSSR count). The molecule has 0 fully saturated rings. The second-order valence-corrected chi connectivity index (χ2v) is 5.38. The molecule has 1 aromatic carbocycles. The van der Waals surface area contributed by atoms with E-state index >= 15 is 0 Å². The van der Waals surface area contributed by atoms with Gasteiger partial charge in [-0.3, -0.25) is 0 Å². The molecule has 0 aliphatic heterocycles. The number of hydrogen-bond donors (Lipinski definition) is 1. The van der Waals surface area contributed by atoms with Gasteiger partial charge in [-0.15, -0.1) is 0 Å². The zero-order valence-electron chi connectivity index (χ0n) is 12.6. The highest BCUT2D eigenvalue weighted by Crippen LogP contribution is 2.20. The van der Waals surface area contributed by atoms with Crippen LogP contribution in [0.4, 0.5) is 5.69 Å². The fourth-order valence-electron chi connectivity index (χ4n) is 2.71. The molecule has 0 aliphatic rings. The smallest absolute Gasteiger partial charge is 0.110 e. The summed E-state index contributed by atoms with van der Waals surface area (Å²) in [5, 5.41) is 0. The number of rotatable bonds is 5. The molecule has 2 heterocycles. The van der Waals surface area contributed by atoms with E-state index in [1.807, 2.05) is 31.6 Å². The van der Waals surface area contributed by atoms with Crippen molar-refractivity contribution in [2.24, 2.45) is 7.05 Å². The maximum Gasteiger partial charge on any atom is 0.110 e. The van der Waals surface area contributed by atoms with Gasteiger partial charge in [0.25, 0.3) is 0 Å². The SMILES string of the molecule is CCCc1nc2cc(N)ccc2n1CCc1nccn1C. The first-order valence-electron chi connectivity index (χ1n) is 7.40. The Morgan fingerprint density at radius 1 is 1.19 bits per heavy atom. The van der Waals surface area contributed by atoms with Crippen LogP contribution in [0.2, 0.25) is 0 Å². The minimum Gasteiger partial charge on any atom is -0.399 e. The van der Waals surface area contributed by atoms with Gasteiger partial charge >= 0.3 is 0 Å². The molecular formula is C16H21N5. The zero-order chi connectivity index (χ0) is 14.8.